The summed E-state index contributed by atoms with van der Waals surface area (Å²) in [6.07, 6.45) is -4.78. The summed E-state index contributed by atoms with van der Waals surface area (Å²) in [6, 6.07) is 11.1. The van der Waals surface area contributed by atoms with Gasteiger partial charge in [-0.15, -0.1) is 0 Å². The van der Waals surface area contributed by atoms with Crippen LogP contribution < -0.4 is 5.32 Å². The molecule has 2 heterocycles. The summed E-state index contributed by atoms with van der Waals surface area (Å²) >= 11 is 11.7. The smallest absolute Gasteiger partial charge is 0.321 e. The number of hydrogen-bond donors (Lipinski definition) is 1. The van der Waals surface area contributed by atoms with Crippen LogP contribution in [0, 0.1) is 5.82 Å². The average molecular weight is 469 g/mol. The minimum Gasteiger partial charge on any atom is -0.321 e. The minimum atomic E-state index is -4.78. The van der Waals surface area contributed by atoms with Gasteiger partial charge in [-0.3, -0.25) is 4.79 Å². The molecule has 0 unspecified atom stereocenters. The predicted molar refractivity (Wildman–Crippen MR) is 108 cm³/mol. The molecule has 158 valence electrons. The van der Waals surface area contributed by atoms with Crippen molar-refractivity contribution in [2.24, 2.45) is 0 Å². The van der Waals surface area contributed by atoms with Crippen LogP contribution in [0.2, 0.25) is 10.0 Å². The lowest BCUT2D eigenvalue weighted by Gasteiger charge is -2.11. The van der Waals surface area contributed by atoms with Crippen molar-refractivity contribution < 1.29 is 22.4 Å². The number of fused-ring (bicyclic) bond motifs is 1. The van der Waals surface area contributed by atoms with E-state index in [-0.39, 0.29) is 38.3 Å². The first-order valence-electron chi connectivity index (χ1n) is 8.62. The van der Waals surface area contributed by atoms with Crippen molar-refractivity contribution in [1.29, 1.82) is 0 Å². The number of alkyl halides is 3. The van der Waals surface area contributed by atoms with E-state index in [1.165, 1.54) is 30.3 Å². The van der Waals surface area contributed by atoms with E-state index in [2.05, 4.69) is 15.4 Å². The van der Waals surface area contributed by atoms with Crippen molar-refractivity contribution in [3.8, 4) is 11.3 Å². The maximum Gasteiger partial charge on any atom is 0.433 e. The molecule has 0 atom stereocenters. The first-order chi connectivity index (χ1) is 14.6. The Hall–Kier alpha value is -3.17. The fourth-order valence-electron chi connectivity index (χ4n) is 2.82. The van der Waals surface area contributed by atoms with E-state index in [0.717, 1.165) is 24.3 Å². The SMILES string of the molecule is O=C(Nc1ccc(Cl)c(Cl)c1)c1cc2nc(-c3ccc(F)cc3)cc(C(F)(F)F)n2n1. The fourth-order valence-corrected chi connectivity index (χ4v) is 3.12. The highest BCUT2D eigenvalue weighted by atomic mass is 35.5. The van der Waals surface area contributed by atoms with Gasteiger partial charge >= 0.3 is 6.18 Å². The second-order valence-corrected chi connectivity index (χ2v) is 7.23. The van der Waals surface area contributed by atoms with Gasteiger partial charge in [-0.05, 0) is 48.5 Å². The van der Waals surface area contributed by atoms with Gasteiger partial charge in [-0.2, -0.15) is 18.3 Å². The molecule has 0 aliphatic rings. The maximum absolute atomic E-state index is 13.6. The van der Waals surface area contributed by atoms with Crippen molar-refractivity contribution in [1.82, 2.24) is 14.6 Å². The molecule has 0 bridgehead atoms. The molecule has 4 aromatic rings. The lowest BCUT2D eigenvalue weighted by Crippen LogP contribution is -2.15. The molecule has 1 amide bonds. The van der Waals surface area contributed by atoms with E-state index >= 15 is 0 Å². The Balaban J connectivity index is 1.77. The van der Waals surface area contributed by atoms with E-state index in [1.54, 1.807) is 0 Å². The van der Waals surface area contributed by atoms with Crippen LogP contribution in [0.5, 0.6) is 0 Å². The van der Waals surface area contributed by atoms with Crippen molar-refractivity contribution in [3.63, 3.8) is 0 Å². The third kappa shape index (κ3) is 4.33. The van der Waals surface area contributed by atoms with Gasteiger partial charge in [0.05, 0.1) is 15.7 Å². The van der Waals surface area contributed by atoms with E-state index in [0.29, 0.717) is 4.52 Å². The van der Waals surface area contributed by atoms with Crippen LogP contribution in [0.15, 0.2) is 54.6 Å². The summed E-state index contributed by atoms with van der Waals surface area (Å²) in [7, 11) is 0. The largest absolute Gasteiger partial charge is 0.433 e. The van der Waals surface area contributed by atoms with Crippen LogP contribution in [0.3, 0.4) is 0 Å². The number of anilines is 1. The fraction of sp³-hybridized carbons (Fsp3) is 0.0500. The van der Waals surface area contributed by atoms with E-state index in [1.807, 2.05) is 0 Å². The Morgan fingerprint density at radius 1 is 0.968 bits per heavy atom. The number of hydrogen-bond acceptors (Lipinski definition) is 3. The zero-order valence-corrected chi connectivity index (χ0v) is 16.7. The quantitative estimate of drug-likeness (QED) is 0.368. The highest BCUT2D eigenvalue weighted by Gasteiger charge is 2.35. The molecule has 0 fully saturated rings. The van der Waals surface area contributed by atoms with Crippen LogP contribution in [0.25, 0.3) is 16.9 Å². The van der Waals surface area contributed by atoms with Gasteiger partial charge in [0.1, 0.15) is 5.82 Å². The lowest BCUT2D eigenvalue weighted by molar-refractivity contribution is -0.142. The number of amides is 1. The Labute approximate surface area is 182 Å². The lowest BCUT2D eigenvalue weighted by atomic mass is 10.1. The van der Waals surface area contributed by atoms with Crippen LogP contribution in [0.1, 0.15) is 16.2 Å². The molecule has 0 spiro atoms. The normalized spacial score (nSPS) is 11.7. The molecule has 11 heteroatoms. The number of carbonyl (C=O) groups is 1. The summed E-state index contributed by atoms with van der Waals surface area (Å²) < 4.78 is 54.6. The average Bonchev–Trinajstić information content (AvgIpc) is 3.14. The summed E-state index contributed by atoms with van der Waals surface area (Å²) in [6.45, 7) is 0. The summed E-state index contributed by atoms with van der Waals surface area (Å²) in [5.41, 5.74) is -1.11. The monoisotopic (exact) mass is 468 g/mol. The molecule has 5 nitrogen and oxygen atoms in total. The van der Waals surface area contributed by atoms with Gasteiger partial charge in [0, 0.05) is 17.3 Å². The molecule has 0 aliphatic heterocycles. The summed E-state index contributed by atoms with van der Waals surface area (Å²) in [5.74, 6) is -1.30. The van der Waals surface area contributed by atoms with Crippen molar-refractivity contribution in [2.75, 3.05) is 5.32 Å². The van der Waals surface area contributed by atoms with Gasteiger partial charge in [-0.25, -0.2) is 13.9 Å². The van der Waals surface area contributed by atoms with Gasteiger partial charge in [0.25, 0.3) is 5.91 Å². The number of nitrogens with zero attached hydrogens (tertiary/aromatic N) is 3. The second kappa shape index (κ2) is 7.82. The second-order valence-electron chi connectivity index (χ2n) is 6.41. The van der Waals surface area contributed by atoms with E-state index in [4.69, 9.17) is 23.2 Å². The first-order valence-corrected chi connectivity index (χ1v) is 9.38. The van der Waals surface area contributed by atoms with Crippen LogP contribution in [0.4, 0.5) is 23.2 Å². The van der Waals surface area contributed by atoms with Gasteiger partial charge in [0.15, 0.2) is 17.0 Å². The highest BCUT2D eigenvalue weighted by Crippen LogP contribution is 2.32. The Kier molecular flexibility index (Phi) is 5.32. The van der Waals surface area contributed by atoms with Crippen molar-refractivity contribution >= 4 is 40.4 Å². The molecular formula is C20H10Cl2F4N4O. The molecule has 0 aliphatic carbocycles. The predicted octanol–water partition coefficient (Wildman–Crippen LogP) is 6.11. The van der Waals surface area contributed by atoms with E-state index in [9.17, 15) is 22.4 Å². The van der Waals surface area contributed by atoms with Gasteiger partial charge in [0.2, 0.25) is 0 Å². The number of benzene rings is 2. The topological polar surface area (TPSA) is 59.3 Å². The molecule has 31 heavy (non-hydrogen) atoms. The van der Waals surface area contributed by atoms with Gasteiger partial charge < -0.3 is 5.32 Å². The Morgan fingerprint density at radius 3 is 2.32 bits per heavy atom. The molecule has 0 radical (unpaired) electrons. The molecule has 2 aromatic carbocycles. The highest BCUT2D eigenvalue weighted by molar-refractivity contribution is 6.42. The Bertz CT molecular complexity index is 1300. The number of carbonyl (C=O) groups excluding carboxylic acids is 1. The van der Waals surface area contributed by atoms with Gasteiger partial charge in [-0.1, -0.05) is 23.2 Å². The molecule has 1 N–H and O–H groups in total. The standard InChI is InChI=1S/C20H10Cl2F4N4O/c21-13-6-5-12(7-14(13)22)27-19(31)16-9-18-28-15(10-1-3-11(23)4-2-10)8-17(20(24,25)26)30(18)29-16/h1-9H,(H,27,31). The number of aromatic nitrogens is 3. The Morgan fingerprint density at radius 2 is 1.68 bits per heavy atom. The van der Waals surface area contributed by atoms with Crippen LogP contribution in [-0.2, 0) is 6.18 Å². The molecule has 0 saturated heterocycles. The van der Waals surface area contributed by atoms with Crippen molar-refractivity contribution in [2.45, 2.75) is 6.18 Å². The zero-order chi connectivity index (χ0) is 22.3. The summed E-state index contributed by atoms with van der Waals surface area (Å²) in [4.78, 5) is 16.7. The molecule has 0 saturated carbocycles. The first kappa shape index (κ1) is 21.1. The molecule has 2 aromatic heterocycles. The molecular weight excluding hydrogens is 459 g/mol. The number of halogens is 6. The minimum absolute atomic E-state index is 0.0452. The third-order valence-electron chi connectivity index (χ3n) is 4.27. The third-order valence-corrected chi connectivity index (χ3v) is 5.01. The zero-order valence-electron chi connectivity index (χ0n) is 15.2. The summed E-state index contributed by atoms with van der Waals surface area (Å²) in [5, 5.41) is 6.73. The number of nitrogens with one attached hydrogen (secondary N) is 1. The van der Waals surface area contributed by atoms with E-state index < -0.39 is 23.6 Å². The number of rotatable bonds is 3. The molecule has 4 rings (SSSR count). The van der Waals surface area contributed by atoms with Crippen LogP contribution in [-0.4, -0.2) is 20.5 Å². The maximum atomic E-state index is 13.6. The van der Waals surface area contributed by atoms with Crippen molar-refractivity contribution in [3.05, 3.63) is 81.8 Å². The van der Waals surface area contributed by atoms with Crippen LogP contribution >= 0.6 is 23.2 Å².